The molecule has 1 aliphatic rings. The van der Waals surface area contributed by atoms with Crippen molar-refractivity contribution in [2.24, 2.45) is 0 Å². The van der Waals surface area contributed by atoms with E-state index < -0.39 is 0 Å². The van der Waals surface area contributed by atoms with Gasteiger partial charge in [0.2, 0.25) is 0 Å². The van der Waals surface area contributed by atoms with Crippen LogP contribution in [0.4, 0.5) is 0 Å². The highest BCUT2D eigenvalue weighted by Crippen LogP contribution is 2.37. The van der Waals surface area contributed by atoms with Crippen LogP contribution in [-0.2, 0) is 6.42 Å². The van der Waals surface area contributed by atoms with Gasteiger partial charge in [0, 0.05) is 17.9 Å². The van der Waals surface area contributed by atoms with Crippen LogP contribution in [0.25, 0.3) is 11.1 Å². The smallest absolute Gasteiger partial charge is 0.0378 e. The summed E-state index contributed by atoms with van der Waals surface area (Å²) in [6.07, 6.45) is 5.49. The topological polar surface area (TPSA) is 24.9 Å². The van der Waals surface area contributed by atoms with E-state index in [1.807, 2.05) is 6.20 Å². The van der Waals surface area contributed by atoms with E-state index in [9.17, 15) is 0 Å². The second kappa shape index (κ2) is 5.76. The van der Waals surface area contributed by atoms with Crippen molar-refractivity contribution in [3.05, 3.63) is 53.3 Å². The van der Waals surface area contributed by atoms with Gasteiger partial charge in [-0.3, -0.25) is 4.98 Å². The summed E-state index contributed by atoms with van der Waals surface area (Å²) in [5, 5.41) is 3.67. The lowest BCUT2D eigenvalue weighted by Gasteiger charge is -2.14. The summed E-state index contributed by atoms with van der Waals surface area (Å²) in [6.45, 7) is 5.38. The fourth-order valence-corrected chi connectivity index (χ4v) is 3.17. The van der Waals surface area contributed by atoms with Gasteiger partial charge in [0.25, 0.3) is 0 Å². The van der Waals surface area contributed by atoms with Gasteiger partial charge >= 0.3 is 0 Å². The predicted molar refractivity (Wildman–Crippen MR) is 83.8 cm³/mol. The molecule has 1 N–H and O–H groups in total. The van der Waals surface area contributed by atoms with E-state index in [4.69, 9.17) is 0 Å². The Kier molecular flexibility index (Phi) is 3.83. The van der Waals surface area contributed by atoms with E-state index in [2.05, 4.69) is 54.5 Å². The number of aromatic nitrogens is 1. The number of nitrogens with one attached hydrogen (secondary N) is 1. The van der Waals surface area contributed by atoms with Crippen LogP contribution in [0.2, 0.25) is 0 Å². The highest BCUT2D eigenvalue weighted by atomic mass is 14.9. The molecule has 1 atom stereocenters. The molecule has 1 unspecified atom stereocenters. The van der Waals surface area contributed by atoms with Crippen molar-refractivity contribution in [2.75, 3.05) is 6.54 Å². The van der Waals surface area contributed by atoms with Crippen molar-refractivity contribution in [3.63, 3.8) is 0 Å². The number of fused-ring (bicyclic) bond motifs is 1. The van der Waals surface area contributed by atoms with Crippen LogP contribution in [-0.4, -0.2) is 11.5 Å². The van der Waals surface area contributed by atoms with Gasteiger partial charge in [0.1, 0.15) is 0 Å². The molecule has 0 radical (unpaired) electrons. The number of aryl methyl sites for hydroxylation is 1. The molecule has 1 aliphatic carbocycles. The summed E-state index contributed by atoms with van der Waals surface area (Å²) in [4.78, 5) is 4.30. The van der Waals surface area contributed by atoms with E-state index in [0.29, 0.717) is 6.04 Å². The molecule has 2 nitrogen and oxygen atoms in total. The van der Waals surface area contributed by atoms with Crippen molar-refractivity contribution in [1.29, 1.82) is 0 Å². The largest absolute Gasteiger partial charge is 0.310 e. The molecule has 104 valence electrons. The van der Waals surface area contributed by atoms with E-state index in [1.165, 1.54) is 41.5 Å². The Morgan fingerprint density at radius 2 is 2.20 bits per heavy atom. The zero-order valence-corrected chi connectivity index (χ0v) is 12.3. The van der Waals surface area contributed by atoms with Crippen LogP contribution in [0.1, 0.15) is 42.6 Å². The van der Waals surface area contributed by atoms with Crippen LogP contribution >= 0.6 is 0 Å². The molecule has 0 bridgehead atoms. The van der Waals surface area contributed by atoms with Crippen molar-refractivity contribution in [1.82, 2.24) is 10.3 Å². The third kappa shape index (κ3) is 2.48. The fraction of sp³-hybridized carbons (Fsp3) is 0.389. The molecule has 0 fully saturated rings. The number of rotatable bonds is 4. The summed E-state index contributed by atoms with van der Waals surface area (Å²) in [5.41, 5.74) is 6.77. The number of hydrogen-bond donors (Lipinski definition) is 1. The quantitative estimate of drug-likeness (QED) is 0.903. The Labute approximate surface area is 121 Å². The second-order valence-corrected chi connectivity index (χ2v) is 5.60. The number of pyridine rings is 1. The summed E-state index contributed by atoms with van der Waals surface area (Å²) in [6, 6.07) is 11.6. The second-order valence-electron chi connectivity index (χ2n) is 5.60. The molecule has 0 saturated carbocycles. The molecule has 0 saturated heterocycles. The summed E-state index contributed by atoms with van der Waals surface area (Å²) in [7, 11) is 0. The van der Waals surface area contributed by atoms with Gasteiger partial charge in [0.15, 0.2) is 0 Å². The lowest BCUT2D eigenvalue weighted by Crippen LogP contribution is -2.19. The number of benzene rings is 1. The Morgan fingerprint density at radius 3 is 3.00 bits per heavy atom. The third-order valence-corrected chi connectivity index (χ3v) is 4.12. The van der Waals surface area contributed by atoms with Crippen LogP contribution < -0.4 is 5.32 Å². The van der Waals surface area contributed by atoms with Gasteiger partial charge in [0.05, 0.1) is 0 Å². The Balaban J connectivity index is 1.97. The van der Waals surface area contributed by atoms with Crippen LogP contribution in [0, 0.1) is 6.92 Å². The van der Waals surface area contributed by atoms with Gasteiger partial charge in [-0.1, -0.05) is 25.1 Å². The first-order valence-corrected chi connectivity index (χ1v) is 7.57. The van der Waals surface area contributed by atoms with Crippen LogP contribution in [0.3, 0.4) is 0 Å². The van der Waals surface area contributed by atoms with E-state index in [1.54, 1.807) is 0 Å². The molecule has 2 heteroatoms. The number of nitrogens with zero attached hydrogens (tertiary/aromatic N) is 1. The van der Waals surface area contributed by atoms with Crippen LogP contribution in [0.5, 0.6) is 0 Å². The minimum absolute atomic E-state index is 0.535. The Hall–Kier alpha value is -1.67. The molecule has 1 heterocycles. The molecule has 3 rings (SSSR count). The maximum absolute atomic E-state index is 4.30. The van der Waals surface area contributed by atoms with Crippen molar-refractivity contribution in [3.8, 4) is 11.1 Å². The highest BCUT2D eigenvalue weighted by Gasteiger charge is 2.24. The molecule has 20 heavy (non-hydrogen) atoms. The van der Waals surface area contributed by atoms with E-state index >= 15 is 0 Å². The normalized spacial score (nSPS) is 17.2. The molecule has 0 aliphatic heterocycles. The number of hydrogen-bond acceptors (Lipinski definition) is 2. The van der Waals surface area contributed by atoms with Crippen molar-refractivity contribution < 1.29 is 0 Å². The van der Waals surface area contributed by atoms with Crippen LogP contribution in [0.15, 0.2) is 36.5 Å². The zero-order chi connectivity index (χ0) is 13.9. The zero-order valence-electron chi connectivity index (χ0n) is 12.3. The highest BCUT2D eigenvalue weighted by molar-refractivity contribution is 5.70. The van der Waals surface area contributed by atoms with Gasteiger partial charge in [-0.2, -0.15) is 0 Å². The van der Waals surface area contributed by atoms with Crippen molar-refractivity contribution in [2.45, 2.75) is 39.2 Å². The third-order valence-electron chi connectivity index (χ3n) is 4.12. The van der Waals surface area contributed by atoms with Crippen molar-refractivity contribution >= 4 is 0 Å². The summed E-state index contributed by atoms with van der Waals surface area (Å²) < 4.78 is 0. The first-order valence-electron chi connectivity index (χ1n) is 7.57. The summed E-state index contributed by atoms with van der Waals surface area (Å²) in [5.74, 6) is 0. The molecule has 0 spiro atoms. The minimum atomic E-state index is 0.535. The maximum atomic E-state index is 4.30. The summed E-state index contributed by atoms with van der Waals surface area (Å²) >= 11 is 0. The SMILES string of the molecule is CCCNC1CCc2c(-c3ccnc(C)c3)cccc21. The van der Waals surface area contributed by atoms with Gasteiger partial charge in [-0.05, 0) is 67.1 Å². The average molecular weight is 266 g/mol. The minimum Gasteiger partial charge on any atom is -0.310 e. The lowest BCUT2D eigenvalue weighted by molar-refractivity contribution is 0.529. The maximum Gasteiger partial charge on any atom is 0.0378 e. The molecular formula is C18H22N2. The predicted octanol–water partition coefficient (Wildman–Crippen LogP) is 4.04. The molecule has 2 aromatic rings. The first kappa shape index (κ1) is 13.3. The Bertz CT molecular complexity index is 604. The van der Waals surface area contributed by atoms with Gasteiger partial charge in [-0.15, -0.1) is 0 Å². The molecule has 1 aromatic carbocycles. The molecule has 0 amide bonds. The van der Waals surface area contributed by atoms with Gasteiger partial charge < -0.3 is 5.32 Å². The molecule has 1 aromatic heterocycles. The average Bonchev–Trinajstić information content (AvgIpc) is 2.88. The lowest BCUT2D eigenvalue weighted by atomic mass is 9.96. The standard InChI is InChI=1S/C18H22N2/c1-3-10-20-18-8-7-16-15(5-4-6-17(16)18)14-9-11-19-13(2)12-14/h4-6,9,11-12,18,20H,3,7-8,10H2,1-2H3. The van der Waals surface area contributed by atoms with E-state index in [0.717, 1.165) is 12.2 Å². The first-order chi connectivity index (χ1) is 9.79. The monoisotopic (exact) mass is 266 g/mol. The Morgan fingerprint density at radius 1 is 1.30 bits per heavy atom. The molecular weight excluding hydrogens is 244 g/mol. The fourth-order valence-electron chi connectivity index (χ4n) is 3.17. The van der Waals surface area contributed by atoms with E-state index in [-0.39, 0.29) is 0 Å². The van der Waals surface area contributed by atoms with Gasteiger partial charge in [-0.25, -0.2) is 0 Å².